The molecule has 1 amide bonds. The number of allylic oxidation sites excluding steroid dienone is 1. The Morgan fingerprint density at radius 3 is 2.36 bits per heavy atom. The number of hydrogen-bond donors (Lipinski definition) is 2. The van der Waals surface area contributed by atoms with Gasteiger partial charge in [0.15, 0.2) is 0 Å². The fourth-order valence-electron chi connectivity index (χ4n) is 2.06. The molecule has 25 heavy (non-hydrogen) atoms. The molecule has 0 heterocycles. The first-order valence-electron chi connectivity index (χ1n) is 7.16. The van der Waals surface area contributed by atoms with E-state index in [0.717, 1.165) is 11.8 Å². The van der Waals surface area contributed by atoms with Gasteiger partial charge in [0.1, 0.15) is 5.82 Å². The molecule has 8 heteroatoms. The van der Waals surface area contributed by atoms with Crippen molar-refractivity contribution in [3.63, 3.8) is 0 Å². The Kier molecular flexibility index (Phi) is 5.81. The van der Waals surface area contributed by atoms with Gasteiger partial charge in [-0.25, -0.2) is 12.8 Å². The first-order valence-corrected chi connectivity index (χ1v) is 9.43. The number of halogens is 2. The van der Waals surface area contributed by atoms with Crippen LogP contribution in [0.5, 0.6) is 0 Å². The van der Waals surface area contributed by atoms with Crippen molar-refractivity contribution >= 4 is 44.5 Å². The van der Waals surface area contributed by atoms with Gasteiger partial charge in [-0.3, -0.25) is 9.52 Å². The molecule has 0 aromatic heterocycles. The van der Waals surface area contributed by atoms with Crippen LogP contribution in [0.25, 0.3) is 5.57 Å². The van der Waals surface area contributed by atoms with Crippen LogP contribution in [0, 0.1) is 5.82 Å². The molecule has 0 saturated carbocycles. The summed E-state index contributed by atoms with van der Waals surface area (Å²) >= 11 is 6.06. The highest BCUT2D eigenvalue weighted by Crippen LogP contribution is 2.26. The minimum atomic E-state index is -3.41. The first kappa shape index (κ1) is 19.0. The van der Waals surface area contributed by atoms with Crippen LogP contribution in [0.1, 0.15) is 12.5 Å². The van der Waals surface area contributed by atoms with Crippen molar-refractivity contribution in [3.05, 3.63) is 64.9 Å². The van der Waals surface area contributed by atoms with Gasteiger partial charge in [0.25, 0.3) is 0 Å². The quantitative estimate of drug-likeness (QED) is 0.770. The van der Waals surface area contributed by atoms with Crippen LogP contribution in [-0.4, -0.2) is 20.6 Å². The van der Waals surface area contributed by atoms with Crippen molar-refractivity contribution < 1.29 is 17.6 Å². The van der Waals surface area contributed by atoms with Gasteiger partial charge in [-0.2, -0.15) is 0 Å². The van der Waals surface area contributed by atoms with E-state index in [1.54, 1.807) is 19.1 Å². The van der Waals surface area contributed by atoms with E-state index in [1.165, 1.54) is 36.4 Å². The summed E-state index contributed by atoms with van der Waals surface area (Å²) in [5.41, 5.74) is 2.01. The zero-order chi connectivity index (χ0) is 18.6. The van der Waals surface area contributed by atoms with Gasteiger partial charge in [0.05, 0.1) is 22.7 Å². The molecule has 2 rings (SSSR count). The molecule has 0 aliphatic rings. The summed E-state index contributed by atoms with van der Waals surface area (Å²) in [6.07, 6.45) is 2.39. The van der Waals surface area contributed by atoms with E-state index in [9.17, 15) is 17.6 Å². The molecular weight excluding hydrogens is 367 g/mol. The lowest BCUT2D eigenvalue weighted by Gasteiger charge is -2.09. The number of anilines is 2. The predicted octanol–water partition coefficient (Wildman–Crippen LogP) is 3.89. The van der Waals surface area contributed by atoms with Gasteiger partial charge in [-0.15, -0.1) is 0 Å². The zero-order valence-electron chi connectivity index (χ0n) is 13.5. The van der Waals surface area contributed by atoms with E-state index in [1.807, 2.05) is 0 Å². The fraction of sp³-hybridized carbons (Fsp3) is 0.118. The van der Waals surface area contributed by atoms with Crippen LogP contribution < -0.4 is 10.0 Å². The summed E-state index contributed by atoms with van der Waals surface area (Å²) in [6.45, 7) is 1.73. The molecule has 0 radical (unpaired) electrons. The van der Waals surface area contributed by atoms with E-state index < -0.39 is 15.9 Å². The second-order valence-corrected chi connectivity index (χ2v) is 7.55. The summed E-state index contributed by atoms with van der Waals surface area (Å²) in [5.74, 6) is -0.761. The van der Waals surface area contributed by atoms with Gasteiger partial charge in [-0.1, -0.05) is 23.7 Å². The van der Waals surface area contributed by atoms with E-state index in [0.29, 0.717) is 16.9 Å². The highest BCUT2D eigenvalue weighted by Gasteiger charge is 2.08. The van der Waals surface area contributed by atoms with E-state index >= 15 is 0 Å². The normalized spacial score (nSPS) is 11.9. The smallest absolute Gasteiger partial charge is 0.248 e. The lowest BCUT2D eigenvalue weighted by Crippen LogP contribution is -2.11. The van der Waals surface area contributed by atoms with Crippen LogP contribution >= 0.6 is 11.6 Å². The van der Waals surface area contributed by atoms with Crippen LogP contribution in [0.3, 0.4) is 0 Å². The van der Waals surface area contributed by atoms with Crippen LogP contribution in [-0.2, 0) is 14.8 Å². The van der Waals surface area contributed by atoms with E-state index in [2.05, 4.69) is 10.0 Å². The number of rotatable bonds is 5. The van der Waals surface area contributed by atoms with Crippen molar-refractivity contribution in [2.75, 3.05) is 16.3 Å². The SMILES string of the molecule is C/C(=C\C(=O)Nc1ccc(NS(C)(=O)=O)cc1Cl)c1ccc(F)cc1. The number of carbonyl (C=O) groups is 1. The van der Waals surface area contributed by atoms with Crippen molar-refractivity contribution in [2.45, 2.75) is 6.92 Å². The Labute approximate surface area is 150 Å². The number of hydrogen-bond acceptors (Lipinski definition) is 3. The monoisotopic (exact) mass is 382 g/mol. The van der Waals surface area contributed by atoms with Gasteiger partial charge < -0.3 is 5.32 Å². The summed E-state index contributed by atoms with van der Waals surface area (Å²) in [5, 5.41) is 2.80. The predicted molar refractivity (Wildman–Crippen MR) is 98.6 cm³/mol. The van der Waals surface area contributed by atoms with Gasteiger partial charge in [0, 0.05) is 6.08 Å². The summed E-state index contributed by atoms with van der Waals surface area (Å²) in [4.78, 5) is 12.1. The third kappa shape index (κ3) is 5.88. The minimum absolute atomic E-state index is 0.190. The molecule has 2 N–H and O–H groups in total. The third-order valence-corrected chi connectivity index (χ3v) is 4.10. The first-order chi connectivity index (χ1) is 11.6. The second kappa shape index (κ2) is 7.67. The van der Waals surface area contributed by atoms with Gasteiger partial charge in [-0.05, 0) is 48.4 Å². The highest BCUT2D eigenvalue weighted by molar-refractivity contribution is 7.92. The lowest BCUT2D eigenvalue weighted by atomic mass is 10.1. The zero-order valence-corrected chi connectivity index (χ0v) is 15.1. The fourth-order valence-corrected chi connectivity index (χ4v) is 2.84. The Morgan fingerprint density at radius 2 is 1.80 bits per heavy atom. The molecular formula is C17H16ClFN2O3S. The van der Waals surface area contributed by atoms with Crippen LogP contribution in [0.4, 0.5) is 15.8 Å². The summed E-state index contributed by atoms with van der Waals surface area (Å²) < 4.78 is 37.6. The second-order valence-electron chi connectivity index (χ2n) is 5.39. The molecule has 0 saturated heterocycles. The Balaban J connectivity index is 2.12. The largest absolute Gasteiger partial charge is 0.321 e. The topological polar surface area (TPSA) is 75.3 Å². The lowest BCUT2D eigenvalue weighted by molar-refractivity contribution is -0.111. The molecule has 0 bridgehead atoms. The maximum atomic E-state index is 12.9. The van der Waals surface area contributed by atoms with Crippen molar-refractivity contribution in [1.29, 1.82) is 0 Å². The summed E-state index contributed by atoms with van der Waals surface area (Å²) in [7, 11) is -3.41. The molecule has 132 valence electrons. The molecule has 2 aromatic carbocycles. The molecule has 0 aliphatic carbocycles. The molecule has 0 atom stereocenters. The van der Waals surface area contributed by atoms with Crippen molar-refractivity contribution in [3.8, 4) is 0 Å². The Hall–Kier alpha value is -2.38. The van der Waals surface area contributed by atoms with Gasteiger partial charge in [0.2, 0.25) is 15.9 Å². The number of nitrogens with one attached hydrogen (secondary N) is 2. The molecule has 0 aliphatic heterocycles. The van der Waals surface area contributed by atoms with Crippen molar-refractivity contribution in [1.82, 2.24) is 0 Å². The Bertz CT molecular complexity index is 925. The van der Waals surface area contributed by atoms with E-state index in [-0.39, 0.29) is 10.8 Å². The molecule has 5 nitrogen and oxygen atoms in total. The van der Waals surface area contributed by atoms with Crippen LogP contribution in [0.15, 0.2) is 48.5 Å². The standard InChI is InChI=1S/C17H16ClFN2O3S/c1-11(12-3-5-13(19)6-4-12)9-17(22)20-16-8-7-14(10-15(16)18)21-25(2,23)24/h3-10,21H,1-2H3,(H,20,22)/b11-9+. The maximum absolute atomic E-state index is 12.9. The number of sulfonamides is 1. The number of amides is 1. The minimum Gasteiger partial charge on any atom is -0.321 e. The molecule has 0 unspecified atom stereocenters. The van der Waals surface area contributed by atoms with Crippen molar-refractivity contribution in [2.24, 2.45) is 0 Å². The number of carbonyl (C=O) groups excluding carboxylic acids is 1. The molecule has 0 spiro atoms. The molecule has 2 aromatic rings. The number of benzene rings is 2. The third-order valence-electron chi connectivity index (χ3n) is 3.18. The van der Waals surface area contributed by atoms with E-state index in [4.69, 9.17) is 11.6 Å². The highest BCUT2D eigenvalue weighted by atomic mass is 35.5. The summed E-state index contributed by atoms with van der Waals surface area (Å²) in [6, 6.07) is 10.2. The average Bonchev–Trinajstić information content (AvgIpc) is 2.49. The van der Waals surface area contributed by atoms with Crippen LogP contribution in [0.2, 0.25) is 5.02 Å². The molecule has 0 fully saturated rings. The maximum Gasteiger partial charge on any atom is 0.248 e. The average molecular weight is 383 g/mol. The van der Waals surface area contributed by atoms with Gasteiger partial charge >= 0.3 is 0 Å². The Morgan fingerprint density at radius 1 is 1.16 bits per heavy atom.